The molecule has 0 saturated carbocycles. The summed E-state index contributed by atoms with van der Waals surface area (Å²) in [7, 11) is 0. The average molecular weight is 327 g/mol. The number of amides is 1. The first kappa shape index (κ1) is 15.1. The van der Waals surface area contributed by atoms with Crippen LogP contribution in [0.1, 0.15) is 22.8 Å². The normalized spacial score (nSPS) is 10.7. The van der Waals surface area contributed by atoms with Crippen LogP contribution in [-0.2, 0) is 6.54 Å². The largest absolute Gasteiger partial charge is 0.338 e. The van der Waals surface area contributed by atoms with Crippen LogP contribution in [0.5, 0.6) is 0 Å². The highest BCUT2D eigenvalue weighted by molar-refractivity contribution is 7.14. The summed E-state index contributed by atoms with van der Waals surface area (Å²) in [4.78, 5) is 40.6. The zero-order chi connectivity index (χ0) is 16.4. The Hall–Kier alpha value is -2.80. The molecule has 0 radical (unpaired) electrons. The van der Waals surface area contributed by atoms with Crippen LogP contribution in [0.3, 0.4) is 0 Å². The molecule has 1 N–H and O–H groups in total. The number of rotatable bonds is 3. The van der Waals surface area contributed by atoms with Crippen molar-refractivity contribution in [1.82, 2.24) is 14.3 Å². The number of fused-ring (bicyclic) bond motifs is 1. The van der Waals surface area contributed by atoms with Crippen LogP contribution in [0.15, 0.2) is 47.4 Å². The molecule has 7 heteroatoms. The lowest BCUT2D eigenvalue weighted by atomic mass is 10.0. The number of carbonyl (C=O) groups is 2. The molecular formula is C16H13N3O3S. The molecule has 0 unspecified atom stereocenters. The lowest BCUT2D eigenvalue weighted by Crippen LogP contribution is -2.32. The van der Waals surface area contributed by atoms with Crippen molar-refractivity contribution in [3.63, 3.8) is 0 Å². The first-order valence-electron chi connectivity index (χ1n) is 6.92. The molecule has 0 aliphatic carbocycles. The summed E-state index contributed by atoms with van der Waals surface area (Å²) in [6, 6.07) is 9.80. The minimum Gasteiger partial charge on any atom is -0.333 e. The van der Waals surface area contributed by atoms with Gasteiger partial charge in [-0.15, -0.1) is 0 Å². The summed E-state index contributed by atoms with van der Waals surface area (Å²) >= 11 is 0.992. The number of hydrogen-bond acceptors (Lipinski definition) is 5. The molecule has 0 atom stereocenters. The van der Waals surface area contributed by atoms with Crippen LogP contribution in [-0.4, -0.2) is 20.8 Å². The van der Waals surface area contributed by atoms with Gasteiger partial charge in [0.2, 0.25) is 0 Å². The van der Waals surface area contributed by atoms with Gasteiger partial charge in [-0.25, -0.2) is 9.78 Å². The van der Waals surface area contributed by atoms with Gasteiger partial charge in [0.25, 0.3) is 5.56 Å². The molecule has 0 aliphatic heterocycles. The van der Waals surface area contributed by atoms with E-state index in [1.165, 1.54) is 6.92 Å². The van der Waals surface area contributed by atoms with Crippen molar-refractivity contribution < 1.29 is 9.59 Å². The van der Waals surface area contributed by atoms with Gasteiger partial charge in [0.05, 0.1) is 5.39 Å². The number of ketones is 1. The smallest absolute Gasteiger partial charge is 0.333 e. The van der Waals surface area contributed by atoms with Crippen molar-refractivity contribution in [1.29, 1.82) is 0 Å². The molecule has 0 saturated heterocycles. The van der Waals surface area contributed by atoms with E-state index in [2.05, 4.69) is 10.3 Å². The monoisotopic (exact) mass is 327 g/mol. The van der Waals surface area contributed by atoms with Crippen LogP contribution < -0.4 is 10.9 Å². The first-order chi connectivity index (χ1) is 11.1. The highest BCUT2D eigenvalue weighted by Gasteiger charge is 2.15. The van der Waals surface area contributed by atoms with Crippen LogP contribution in [0.4, 0.5) is 4.79 Å². The lowest BCUT2D eigenvalue weighted by molar-refractivity contribution is 0.101. The van der Waals surface area contributed by atoms with Crippen LogP contribution >= 0.6 is 11.5 Å². The van der Waals surface area contributed by atoms with Crippen molar-refractivity contribution in [3.8, 4) is 0 Å². The Balaban J connectivity index is 1.84. The van der Waals surface area contributed by atoms with E-state index in [4.69, 9.17) is 0 Å². The first-order valence-corrected chi connectivity index (χ1v) is 7.69. The van der Waals surface area contributed by atoms with E-state index < -0.39 is 11.6 Å². The Kier molecular flexibility index (Phi) is 4.03. The van der Waals surface area contributed by atoms with E-state index in [9.17, 15) is 14.4 Å². The number of benzene rings is 1. The molecule has 0 spiro atoms. The maximum Gasteiger partial charge on any atom is 0.338 e. The second-order valence-electron chi connectivity index (χ2n) is 4.92. The molecule has 0 aliphatic rings. The van der Waals surface area contributed by atoms with Gasteiger partial charge in [-0.2, -0.15) is 3.96 Å². The van der Waals surface area contributed by atoms with Crippen LogP contribution in [0.2, 0.25) is 0 Å². The standard InChI is InChI=1S/C16H13N3O3S/c1-10(20)12-6-3-2-5-11(12)9-18-16(22)19-15(21)13-7-4-8-17-14(13)23-19/h2-8H,9H2,1H3,(H,18,22). The van der Waals surface area contributed by atoms with Gasteiger partial charge in [0.1, 0.15) is 4.83 Å². The molecule has 6 nitrogen and oxygen atoms in total. The summed E-state index contributed by atoms with van der Waals surface area (Å²) < 4.78 is 1.04. The van der Waals surface area contributed by atoms with Crippen molar-refractivity contribution in [2.24, 2.45) is 0 Å². The number of nitrogens with one attached hydrogen (secondary N) is 1. The predicted molar refractivity (Wildman–Crippen MR) is 88.0 cm³/mol. The zero-order valence-corrected chi connectivity index (χ0v) is 13.1. The third kappa shape index (κ3) is 2.91. The average Bonchev–Trinajstić information content (AvgIpc) is 2.90. The highest BCUT2D eigenvalue weighted by atomic mass is 32.1. The second kappa shape index (κ2) is 6.13. The molecule has 23 heavy (non-hydrogen) atoms. The van der Waals surface area contributed by atoms with Gasteiger partial charge < -0.3 is 5.32 Å². The van der Waals surface area contributed by atoms with Crippen LogP contribution in [0, 0.1) is 0 Å². The van der Waals surface area contributed by atoms with E-state index in [0.717, 1.165) is 15.5 Å². The molecule has 3 rings (SSSR count). The molecule has 3 aromatic rings. The zero-order valence-electron chi connectivity index (χ0n) is 12.3. The Morgan fingerprint density at radius 3 is 2.74 bits per heavy atom. The van der Waals surface area contributed by atoms with Crippen LogP contribution in [0.25, 0.3) is 10.2 Å². The molecule has 116 valence electrons. The van der Waals surface area contributed by atoms with Gasteiger partial charge in [0.15, 0.2) is 5.78 Å². The van der Waals surface area contributed by atoms with Crippen molar-refractivity contribution in [3.05, 3.63) is 64.1 Å². The quantitative estimate of drug-likeness (QED) is 0.749. The Bertz CT molecular complexity index is 958. The van der Waals surface area contributed by atoms with Gasteiger partial charge in [-0.05, 0) is 36.2 Å². The molecule has 2 aromatic heterocycles. The maximum absolute atomic E-state index is 12.2. The number of hydrogen-bond donors (Lipinski definition) is 1. The summed E-state index contributed by atoms with van der Waals surface area (Å²) in [5.74, 6) is -0.0712. The van der Waals surface area contributed by atoms with Gasteiger partial charge >= 0.3 is 6.03 Å². The fourth-order valence-electron chi connectivity index (χ4n) is 2.26. The van der Waals surface area contributed by atoms with Crippen molar-refractivity contribution >= 4 is 33.6 Å². The molecule has 2 heterocycles. The Labute approximate surface area is 135 Å². The van der Waals surface area contributed by atoms with Gasteiger partial charge in [-0.1, -0.05) is 24.3 Å². The number of aromatic nitrogens is 2. The lowest BCUT2D eigenvalue weighted by Gasteiger charge is -2.08. The minimum absolute atomic E-state index is 0.0712. The third-order valence-electron chi connectivity index (χ3n) is 3.37. The van der Waals surface area contributed by atoms with E-state index in [1.54, 1.807) is 42.6 Å². The van der Waals surface area contributed by atoms with E-state index >= 15 is 0 Å². The number of Topliss-reactive ketones (excluding diaryl/α,β-unsaturated/α-hetero) is 1. The van der Waals surface area contributed by atoms with Gasteiger partial charge in [0, 0.05) is 18.3 Å². The van der Waals surface area contributed by atoms with E-state index in [0.29, 0.717) is 21.3 Å². The predicted octanol–water partition coefficient (Wildman–Crippen LogP) is 2.42. The summed E-state index contributed by atoms with van der Waals surface area (Å²) in [5.41, 5.74) is 0.870. The Morgan fingerprint density at radius 1 is 1.22 bits per heavy atom. The summed E-state index contributed by atoms with van der Waals surface area (Å²) in [6.07, 6.45) is 1.57. The van der Waals surface area contributed by atoms with Crippen molar-refractivity contribution in [2.45, 2.75) is 13.5 Å². The fraction of sp³-hybridized carbons (Fsp3) is 0.125. The topological polar surface area (TPSA) is 81.1 Å². The Morgan fingerprint density at radius 2 is 2.00 bits per heavy atom. The summed E-state index contributed by atoms with van der Waals surface area (Å²) in [6.45, 7) is 1.64. The summed E-state index contributed by atoms with van der Waals surface area (Å²) in [5, 5.41) is 3.08. The molecule has 0 bridgehead atoms. The molecule has 1 amide bonds. The molecular weight excluding hydrogens is 314 g/mol. The molecule has 0 fully saturated rings. The van der Waals surface area contributed by atoms with Gasteiger partial charge in [-0.3, -0.25) is 9.59 Å². The van der Waals surface area contributed by atoms with E-state index in [1.807, 2.05) is 0 Å². The van der Waals surface area contributed by atoms with E-state index in [-0.39, 0.29) is 12.3 Å². The minimum atomic E-state index is -0.531. The number of carbonyl (C=O) groups excluding carboxylic acids is 2. The number of nitrogens with zero attached hydrogens (tertiary/aromatic N) is 2. The maximum atomic E-state index is 12.2. The SMILES string of the molecule is CC(=O)c1ccccc1CNC(=O)n1sc2ncccc2c1=O. The highest BCUT2D eigenvalue weighted by Crippen LogP contribution is 2.13. The third-order valence-corrected chi connectivity index (χ3v) is 4.39. The number of pyridine rings is 1. The molecule has 1 aromatic carbocycles. The van der Waals surface area contributed by atoms with Crippen molar-refractivity contribution in [2.75, 3.05) is 0 Å². The fourth-order valence-corrected chi connectivity index (χ4v) is 3.12. The second-order valence-corrected chi connectivity index (χ2v) is 5.85.